The SMILES string of the molecule is O=C(N=Nc1c(O)n(Cc2cccc([N+](=O)[O-])c2)c2ccccc12)c1ccncc1. The molecule has 30 heavy (non-hydrogen) atoms. The molecular weight excluding hydrogens is 386 g/mol. The van der Waals surface area contributed by atoms with Crippen LogP contribution in [0.2, 0.25) is 0 Å². The minimum atomic E-state index is -0.563. The third kappa shape index (κ3) is 3.63. The highest BCUT2D eigenvalue weighted by atomic mass is 16.6. The van der Waals surface area contributed by atoms with Crippen LogP contribution in [0.25, 0.3) is 10.9 Å². The van der Waals surface area contributed by atoms with Crippen molar-refractivity contribution in [1.82, 2.24) is 9.55 Å². The van der Waals surface area contributed by atoms with Crippen molar-refractivity contribution in [3.05, 3.63) is 94.3 Å². The molecule has 2 heterocycles. The summed E-state index contributed by atoms with van der Waals surface area (Å²) in [6, 6.07) is 16.3. The number of hydrogen-bond acceptors (Lipinski definition) is 6. The van der Waals surface area contributed by atoms with Gasteiger partial charge in [0.25, 0.3) is 11.6 Å². The van der Waals surface area contributed by atoms with E-state index >= 15 is 0 Å². The first-order valence-electron chi connectivity index (χ1n) is 8.94. The van der Waals surface area contributed by atoms with Crippen LogP contribution in [-0.4, -0.2) is 25.5 Å². The summed E-state index contributed by atoms with van der Waals surface area (Å²) in [6.45, 7) is 0.182. The Bertz CT molecular complexity index is 1280. The Kier molecular flexibility index (Phi) is 5.00. The molecule has 0 unspecified atom stereocenters. The van der Waals surface area contributed by atoms with E-state index in [1.54, 1.807) is 41.0 Å². The Balaban J connectivity index is 1.73. The second-order valence-corrected chi connectivity index (χ2v) is 6.44. The first kappa shape index (κ1) is 18.9. The number of aromatic nitrogens is 2. The Morgan fingerprint density at radius 3 is 2.63 bits per heavy atom. The second kappa shape index (κ2) is 7.92. The molecule has 0 fully saturated rings. The predicted octanol–water partition coefficient (Wildman–Crippen LogP) is 4.62. The zero-order valence-corrected chi connectivity index (χ0v) is 15.5. The van der Waals surface area contributed by atoms with E-state index in [0.29, 0.717) is 22.0 Å². The van der Waals surface area contributed by atoms with Gasteiger partial charge in [0.2, 0.25) is 5.88 Å². The largest absolute Gasteiger partial charge is 0.493 e. The number of benzene rings is 2. The first-order chi connectivity index (χ1) is 14.5. The van der Waals surface area contributed by atoms with Crippen molar-refractivity contribution in [3.8, 4) is 5.88 Å². The van der Waals surface area contributed by atoms with Gasteiger partial charge in [-0.3, -0.25) is 19.9 Å². The van der Waals surface area contributed by atoms with Crippen LogP contribution in [0, 0.1) is 10.1 Å². The highest BCUT2D eigenvalue weighted by Gasteiger charge is 2.18. The molecule has 9 heteroatoms. The van der Waals surface area contributed by atoms with Crippen molar-refractivity contribution < 1.29 is 14.8 Å². The van der Waals surface area contributed by atoms with Crippen LogP contribution in [-0.2, 0) is 6.54 Å². The maximum Gasteiger partial charge on any atom is 0.295 e. The lowest BCUT2D eigenvalue weighted by molar-refractivity contribution is -0.384. The van der Waals surface area contributed by atoms with Crippen molar-refractivity contribution in [2.45, 2.75) is 6.54 Å². The third-order valence-electron chi connectivity index (χ3n) is 4.55. The van der Waals surface area contributed by atoms with Gasteiger partial charge in [0, 0.05) is 35.5 Å². The predicted molar refractivity (Wildman–Crippen MR) is 109 cm³/mol. The lowest BCUT2D eigenvalue weighted by Gasteiger charge is -2.07. The fourth-order valence-corrected chi connectivity index (χ4v) is 3.13. The highest BCUT2D eigenvalue weighted by molar-refractivity contribution is 5.97. The Hall–Kier alpha value is -4.40. The molecular formula is C21H15N5O4. The van der Waals surface area contributed by atoms with E-state index in [9.17, 15) is 20.0 Å². The van der Waals surface area contributed by atoms with E-state index in [1.807, 2.05) is 0 Å². The Labute approximate surface area is 170 Å². The normalized spacial score (nSPS) is 11.2. The number of rotatable bonds is 5. The van der Waals surface area contributed by atoms with Gasteiger partial charge in [0.05, 0.1) is 17.0 Å². The molecule has 1 N–H and O–H groups in total. The summed E-state index contributed by atoms with van der Waals surface area (Å²) in [6.07, 6.45) is 2.95. The molecule has 0 aliphatic rings. The van der Waals surface area contributed by atoms with Crippen LogP contribution in [0.3, 0.4) is 0 Å². The molecule has 0 saturated carbocycles. The second-order valence-electron chi connectivity index (χ2n) is 6.44. The van der Waals surface area contributed by atoms with Crippen LogP contribution in [0.15, 0.2) is 83.3 Å². The van der Waals surface area contributed by atoms with E-state index < -0.39 is 10.8 Å². The van der Waals surface area contributed by atoms with Crippen molar-refractivity contribution in [1.29, 1.82) is 0 Å². The quantitative estimate of drug-likeness (QED) is 0.297. The van der Waals surface area contributed by atoms with Crippen LogP contribution < -0.4 is 0 Å². The summed E-state index contributed by atoms with van der Waals surface area (Å²) in [5.41, 5.74) is 1.74. The zero-order valence-electron chi connectivity index (χ0n) is 15.5. The lowest BCUT2D eigenvalue weighted by atomic mass is 10.2. The van der Waals surface area contributed by atoms with E-state index in [4.69, 9.17) is 0 Å². The third-order valence-corrected chi connectivity index (χ3v) is 4.55. The van der Waals surface area contributed by atoms with Crippen molar-refractivity contribution >= 4 is 28.2 Å². The number of nitrogens with zero attached hydrogens (tertiary/aromatic N) is 5. The van der Waals surface area contributed by atoms with Crippen LogP contribution in [0.4, 0.5) is 11.4 Å². The van der Waals surface area contributed by atoms with Gasteiger partial charge >= 0.3 is 0 Å². The smallest absolute Gasteiger partial charge is 0.295 e. The minimum Gasteiger partial charge on any atom is -0.493 e. The number of para-hydroxylation sites is 1. The topological polar surface area (TPSA) is 123 Å². The molecule has 0 radical (unpaired) electrons. The van der Waals surface area contributed by atoms with Gasteiger partial charge in [-0.25, -0.2) is 0 Å². The lowest BCUT2D eigenvalue weighted by Crippen LogP contribution is -1.99. The number of nitro benzene ring substituents is 1. The number of non-ortho nitro benzene ring substituents is 1. The number of pyridine rings is 1. The van der Waals surface area contributed by atoms with Gasteiger partial charge in [-0.05, 0) is 23.8 Å². The van der Waals surface area contributed by atoms with Crippen molar-refractivity contribution in [2.24, 2.45) is 10.2 Å². The average Bonchev–Trinajstić information content (AvgIpc) is 3.04. The number of amides is 1. The molecule has 2 aromatic heterocycles. The van der Waals surface area contributed by atoms with E-state index in [1.165, 1.54) is 36.7 Å². The molecule has 2 aromatic carbocycles. The molecule has 0 atom stereocenters. The van der Waals surface area contributed by atoms with Crippen molar-refractivity contribution in [3.63, 3.8) is 0 Å². The molecule has 0 bridgehead atoms. The van der Waals surface area contributed by atoms with Gasteiger partial charge in [-0.15, -0.1) is 10.2 Å². The molecule has 0 saturated heterocycles. The summed E-state index contributed by atoms with van der Waals surface area (Å²) in [5.74, 6) is -0.749. The molecule has 1 amide bonds. The molecule has 0 aliphatic heterocycles. The van der Waals surface area contributed by atoms with Crippen LogP contribution in [0.5, 0.6) is 5.88 Å². The number of azo groups is 1. The standard InChI is InChI=1S/C21H15N5O4/c27-20(15-8-10-22-11-9-15)24-23-19-17-6-1-2-7-18(17)25(21(19)28)13-14-4-3-5-16(12-14)26(29)30/h1-12,28H,13H2. The Morgan fingerprint density at radius 1 is 1.10 bits per heavy atom. The summed E-state index contributed by atoms with van der Waals surface area (Å²) in [7, 11) is 0. The number of carbonyl (C=O) groups excluding carboxylic acids is 1. The number of carbonyl (C=O) groups is 1. The van der Waals surface area contributed by atoms with E-state index in [-0.39, 0.29) is 23.8 Å². The summed E-state index contributed by atoms with van der Waals surface area (Å²) in [4.78, 5) is 26.6. The molecule has 9 nitrogen and oxygen atoms in total. The van der Waals surface area contributed by atoms with Gasteiger partial charge in [-0.1, -0.05) is 30.3 Å². The Morgan fingerprint density at radius 2 is 1.87 bits per heavy atom. The monoisotopic (exact) mass is 401 g/mol. The molecule has 0 aliphatic carbocycles. The summed E-state index contributed by atoms with van der Waals surface area (Å²) in [5, 5.41) is 30.2. The molecule has 4 rings (SSSR count). The summed E-state index contributed by atoms with van der Waals surface area (Å²) < 4.78 is 1.57. The fourth-order valence-electron chi connectivity index (χ4n) is 3.13. The fraction of sp³-hybridized carbons (Fsp3) is 0.0476. The number of hydrogen-bond donors (Lipinski definition) is 1. The summed E-state index contributed by atoms with van der Waals surface area (Å²) >= 11 is 0. The van der Waals surface area contributed by atoms with Gasteiger partial charge < -0.3 is 9.67 Å². The van der Waals surface area contributed by atoms with Gasteiger partial charge in [0.1, 0.15) is 0 Å². The zero-order chi connectivity index (χ0) is 21.1. The van der Waals surface area contributed by atoms with E-state index in [2.05, 4.69) is 15.2 Å². The number of fused-ring (bicyclic) bond motifs is 1. The van der Waals surface area contributed by atoms with Crippen molar-refractivity contribution in [2.75, 3.05) is 0 Å². The maximum atomic E-state index is 12.2. The maximum absolute atomic E-state index is 12.2. The minimum absolute atomic E-state index is 0.0358. The highest BCUT2D eigenvalue weighted by Crippen LogP contribution is 2.39. The van der Waals surface area contributed by atoms with E-state index in [0.717, 1.165) is 0 Å². The number of nitro groups is 1. The number of aromatic hydroxyl groups is 1. The van der Waals surface area contributed by atoms with Crippen LogP contribution >= 0.6 is 0 Å². The molecule has 4 aromatic rings. The van der Waals surface area contributed by atoms with Crippen LogP contribution in [0.1, 0.15) is 15.9 Å². The average molecular weight is 401 g/mol. The van der Waals surface area contributed by atoms with Gasteiger partial charge in [-0.2, -0.15) is 0 Å². The molecule has 0 spiro atoms. The molecule has 148 valence electrons. The van der Waals surface area contributed by atoms with Gasteiger partial charge in [0.15, 0.2) is 5.69 Å². The first-order valence-corrected chi connectivity index (χ1v) is 8.94.